The molecule has 0 saturated carbocycles. The zero-order valence-electron chi connectivity index (χ0n) is 15.3. The third-order valence-electron chi connectivity index (χ3n) is 3.67. The average molecular weight is 414 g/mol. The van der Waals surface area contributed by atoms with Gasteiger partial charge in [-0.25, -0.2) is 4.98 Å². The van der Waals surface area contributed by atoms with Gasteiger partial charge >= 0.3 is 6.36 Å². The van der Waals surface area contributed by atoms with E-state index >= 15 is 0 Å². The van der Waals surface area contributed by atoms with Crippen molar-refractivity contribution in [3.63, 3.8) is 0 Å². The number of anilines is 1. The van der Waals surface area contributed by atoms with Crippen LogP contribution in [0.3, 0.4) is 0 Å². The molecule has 3 rings (SSSR count). The van der Waals surface area contributed by atoms with Gasteiger partial charge in [0, 0.05) is 25.2 Å². The van der Waals surface area contributed by atoms with E-state index in [9.17, 15) is 18.0 Å². The van der Waals surface area contributed by atoms with Crippen LogP contribution in [-0.2, 0) is 0 Å². The van der Waals surface area contributed by atoms with Crippen molar-refractivity contribution >= 4 is 32.6 Å². The largest absolute Gasteiger partial charge is 0.573 e. The summed E-state index contributed by atoms with van der Waals surface area (Å²) in [4.78, 5) is 20.6. The molecule has 0 aliphatic rings. The lowest BCUT2D eigenvalue weighted by atomic mass is 10.3. The molecule has 2 aromatic heterocycles. The smallest absolute Gasteiger partial charge is 0.406 e. The molecular formula is C17H17F3N4O3S. The minimum Gasteiger partial charge on any atom is -0.406 e. The van der Waals surface area contributed by atoms with Crippen molar-refractivity contribution in [2.24, 2.45) is 0 Å². The van der Waals surface area contributed by atoms with Crippen LogP contribution in [0.4, 0.5) is 18.3 Å². The molecule has 0 radical (unpaired) electrons. The highest BCUT2D eigenvalue weighted by Crippen LogP contribution is 2.33. The van der Waals surface area contributed by atoms with Crippen molar-refractivity contribution in [2.75, 3.05) is 32.1 Å². The van der Waals surface area contributed by atoms with E-state index in [2.05, 4.69) is 14.9 Å². The van der Waals surface area contributed by atoms with Crippen molar-refractivity contribution in [3.8, 4) is 5.75 Å². The molecule has 1 aromatic carbocycles. The zero-order chi connectivity index (χ0) is 20.5. The number of halogens is 3. The summed E-state index contributed by atoms with van der Waals surface area (Å²) in [6.07, 6.45) is -4.78. The Kier molecular flexibility index (Phi) is 5.57. The van der Waals surface area contributed by atoms with Crippen LogP contribution in [0, 0.1) is 6.92 Å². The lowest BCUT2D eigenvalue weighted by Crippen LogP contribution is -2.36. The Morgan fingerprint density at radius 3 is 2.61 bits per heavy atom. The molecule has 7 nitrogen and oxygen atoms in total. The van der Waals surface area contributed by atoms with Crippen molar-refractivity contribution in [1.82, 2.24) is 15.0 Å². The third-order valence-corrected chi connectivity index (χ3v) is 4.71. The van der Waals surface area contributed by atoms with Crippen LogP contribution in [-0.4, -0.2) is 54.5 Å². The van der Waals surface area contributed by atoms with E-state index in [-0.39, 0.29) is 11.5 Å². The van der Waals surface area contributed by atoms with Crippen molar-refractivity contribution in [3.05, 3.63) is 35.7 Å². The first-order valence-electron chi connectivity index (χ1n) is 8.18. The Labute approximate surface area is 162 Å². The second-order valence-electron chi connectivity index (χ2n) is 6.27. The Bertz CT molecular complexity index is 984. The monoisotopic (exact) mass is 414 g/mol. The molecule has 0 aliphatic carbocycles. The molecule has 0 saturated heterocycles. The number of benzene rings is 1. The predicted octanol–water partition coefficient (Wildman–Crippen LogP) is 3.70. The summed E-state index contributed by atoms with van der Waals surface area (Å²) in [6.45, 7) is 2.57. The summed E-state index contributed by atoms with van der Waals surface area (Å²) in [5.41, 5.74) is 1.03. The van der Waals surface area contributed by atoms with Crippen molar-refractivity contribution in [1.29, 1.82) is 0 Å². The number of aromatic nitrogens is 2. The normalized spacial score (nSPS) is 12.0. The topological polar surface area (TPSA) is 71.7 Å². The van der Waals surface area contributed by atoms with Crippen molar-refractivity contribution < 1.29 is 27.2 Å². The van der Waals surface area contributed by atoms with E-state index < -0.39 is 12.3 Å². The molecule has 0 aliphatic heterocycles. The first-order valence-corrected chi connectivity index (χ1v) is 9.00. The number of hydrogen-bond acceptors (Lipinski definition) is 7. The standard InChI is InChI=1S/C17H17F3N4O3S/c1-10-8-13(27-22-10)15(25)24(7-6-23(2)3)16-21-12-5-4-11(9-14(12)28-16)26-17(18,19)20/h4-5,8-9H,6-7H2,1-3H3. The maximum absolute atomic E-state index is 12.9. The SMILES string of the molecule is Cc1cc(C(=O)N(CCN(C)C)c2nc3ccc(OC(F)(F)F)cc3s2)on1. The summed E-state index contributed by atoms with van der Waals surface area (Å²) in [5, 5.41) is 4.07. The Morgan fingerprint density at radius 2 is 2.00 bits per heavy atom. The molecule has 0 unspecified atom stereocenters. The summed E-state index contributed by atoms with van der Waals surface area (Å²) >= 11 is 1.09. The number of thiazole rings is 1. The van der Waals surface area contributed by atoms with Gasteiger partial charge in [-0.1, -0.05) is 16.5 Å². The minimum absolute atomic E-state index is 0.0663. The maximum Gasteiger partial charge on any atom is 0.573 e. The van der Waals surface area contributed by atoms with E-state index in [1.807, 2.05) is 19.0 Å². The number of nitrogens with zero attached hydrogens (tertiary/aromatic N) is 4. The number of alkyl halides is 3. The van der Waals surface area contributed by atoms with Gasteiger partial charge in [0.25, 0.3) is 5.91 Å². The zero-order valence-corrected chi connectivity index (χ0v) is 16.1. The highest BCUT2D eigenvalue weighted by Gasteiger charge is 2.31. The van der Waals surface area contributed by atoms with Crippen LogP contribution >= 0.6 is 11.3 Å². The molecule has 2 heterocycles. The number of likely N-dealkylation sites (N-methyl/N-ethyl adjacent to an activating group) is 1. The summed E-state index contributed by atoms with van der Waals surface area (Å²) in [6, 6.07) is 5.37. The van der Waals surface area contributed by atoms with Gasteiger partial charge in [-0.3, -0.25) is 9.69 Å². The molecule has 0 N–H and O–H groups in total. The van der Waals surface area contributed by atoms with Gasteiger partial charge in [-0.2, -0.15) is 0 Å². The maximum atomic E-state index is 12.9. The van der Waals surface area contributed by atoms with E-state index in [0.29, 0.717) is 34.1 Å². The predicted molar refractivity (Wildman–Crippen MR) is 97.8 cm³/mol. The van der Waals surface area contributed by atoms with Crippen LogP contribution in [0.25, 0.3) is 10.2 Å². The molecule has 0 atom stereocenters. The molecule has 3 aromatic rings. The van der Waals surface area contributed by atoms with Crippen LogP contribution in [0.5, 0.6) is 5.75 Å². The number of rotatable bonds is 6. The molecule has 0 fully saturated rings. The number of aryl methyl sites for hydroxylation is 1. The number of hydrogen-bond donors (Lipinski definition) is 0. The summed E-state index contributed by atoms with van der Waals surface area (Å²) in [7, 11) is 3.72. The highest BCUT2D eigenvalue weighted by atomic mass is 32.1. The number of carbonyl (C=O) groups is 1. The fourth-order valence-electron chi connectivity index (χ4n) is 2.39. The van der Waals surface area contributed by atoms with Crippen molar-refractivity contribution in [2.45, 2.75) is 13.3 Å². The minimum atomic E-state index is -4.78. The molecule has 11 heteroatoms. The number of ether oxygens (including phenoxy) is 1. The van der Waals surface area contributed by atoms with Crippen LogP contribution in [0.1, 0.15) is 16.2 Å². The highest BCUT2D eigenvalue weighted by molar-refractivity contribution is 7.22. The second kappa shape index (κ2) is 7.76. The van der Waals surface area contributed by atoms with E-state index in [0.717, 1.165) is 11.3 Å². The third kappa shape index (κ3) is 4.78. The lowest BCUT2D eigenvalue weighted by Gasteiger charge is -2.20. The molecular weight excluding hydrogens is 397 g/mol. The van der Waals surface area contributed by atoms with E-state index in [4.69, 9.17) is 4.52 Å². The van der Waals surface area contributed by atoms with E-state index in [1.165, 1.54) is 29.2 Å². The molecule has 0 spiro atoms. The second-order valence-corrected chi connectivity index (χ2v) is 7.28. The first kappa shape index (κ1) is 20.1. The lowest BCUT2D eigenvalue weighted by molar-refractivity contribution is -0.274. The molecule has 0 bridgehead atoms. The number of fused-ring (bicyclic) bond motifs is 1. The molecule has 28 heavy (non-hydrogen) atoms. The van der Waals surface area contributed by atoms with Crippen LogP contribution < -0.4 is 9.64 Å². The fourth-order valence-corrected chi connectivity index (χ4v) is 3.41. The van der Waals surface area contributed by atoms with Gasteiger partial charge < -0.3 is 14.2 Å². The summed E-state index contributed by atoms with van der Waals surface area (Å²) in [5.74, 6) is -0.697. The van der Waals surface area contributed by atoms with Crippen LogP contribution in [0.2, 0.25) is 0 Å². The summed E-state index contributed by atoms with van der Waals surface area (Å²) < 4.78 is 46.8. The Hall–Kier alpha value is -2.66. The Balaban J connectivity index is 1.94. The van der Waals surface area contributed by atoms with Gasteiger partial charge in [0.1, 0.15) is 5.75 Å². The van der Waals surface area contributed by atoms with Gasteiger partial charge in [0.2, 0.25) is 5.76 Å². The van der Waals surface area contributed by atoms with Gasteiger partial charge in [-0.15, -0.1) is 13.2 Å². The van der Waals surface area contributed by atoms with Gasteiger partial charge in [0.15, 0.2) is 5.13 Å². The number of amides is 1. The average Bonchev–Trinajstić information content (AvgIpc) is 3.18. The fraction of sp³-hybridized carbons (Fsp3) is 0.353. The van der Waals surface area contributed by atoms with Crippen LogP contribution in [0.15, 0.2) is 28.8 Å². The first-order chi connectivity index (χ1) is 13.1. The Morgan fingerprint density at radius 1 is 1.25 bits per heavy atom. The van der Waals surface area contributed by atoms with E-state index in [1.54, 1.807) is 6.92 Å². The van der Waals surface area contributed by atoms with Gasteiger partial charge in [0.05, 0.1) is 15.9 Å². The quantitative estimate of drug-likeness (QED) is 0.613. The molecule has 150 valence electrons. The van der Waals surface area contributed by atoms with Gasteiger partial charge in [-0.05, 0) is 33.2 Å². The molecule has 1 amide bonds. The number of carbonyl (C=O) groups excluding carboxylic acids is 1.